The summed E-state index contributed by atoms with van der Waals surface area (Å²) < 4.78 is 19.0. The molecule has 216 valence electrons. The van der Waals surface area contributed by atoms with Gasteiger partial charge < -0.3 is 14.2 Å². The molecule has 42 heavy (non-hydrogen) atoms. The molecule has 0 saturated carbocycles. The first-order chi connectivity index (χ1) is 20.2. The van der Waals surface area contributed by atoms with Crippen LogP contribution in [0.4, 0.5) is 0 Å². The van der Waals surface area contributed by atoms with Gasteiger partial charge in [0, 0.05) is 15.6 Å². The van der Waals surface area contributed by atoms with Gasteiger partial charge in [0.25, 0.3) is 5.56 Å². The second kappa shape index (κ2) is 12.6. The van der Waals surface area contributed by atoms with Gasteiger partial charge in [-0.05, 0) is 62.2 Å². The standard InChI is InChI=1S/C32H28Cl2N2O5S/c1-5-40-31(38)28-19(3)35-32-36(29(28)21-9-6-18(2)7-10-21)30(37)27(42-32)15-20-8-13-25(26(14-20)39-4)41-17-22-11-12-23(33)16-24(22)34/h6-16,29H,5,17H2,1-4H3/b27-15-. The van der Waals surface area contributed by atoms with Gasteiger partial charge in [0.15, 0.2) is 16.3 Å². The number of esters is 1. The van der Waals surface area contributed by atoms with Crippen LogP contribution in [0.15, 0.2) is 81.7 Å². The Morgan fingerprint density at radius 1 is 1.05 bits per heavy atom. The highest BCUT2D eigenvalue weighted by Gasteiger charge is 2.33. The Kier molecular flexibility index (Phi) is 8.87. The van der Waals surface area contributed by atoms with Crippen LogP contribution in [0.2, 0.25) is 10.0 Å². The van der Waals surface area contributed by atoms with Crippen molar-refractivity contribution < 1.29 is 19.0 Å². The van der Waals surface area contributed by atoms with Gasteiger partial charge in [-0.15, -0.1) is 0 Å². The number of methoxy groups -OCH3 is 1. The van der Waals surface area contributed by atoms with Crippen molar-refractivity contribution in [3.8, 4) is 11.5 Å². The SMILES string of the molecule is CCOC(=O)C1=C(C)N=c2s/c(=C\c3ccc(OCc4ccc(Cl)cc4Cl)c(OC)c3)c(=O)n2C1c1ccc(C)cc1. The molecule has 0 spiro atoms. The molecule has 0 aliphatic carbocycles. The number of aromatic nitrogens is 1. The van der Waals surface area contributed by atoms with Crippen molar-refractivity contribution in [3.05, 3.63) is 124 Å². The first-order valence-electron chi connectivity index (χ1n) is 13.2. The third-order valence-electron chi connectivity index (χ3n) is 6.79. The lowest BCUT2D eigenvalue weighted by Crippen LogP contribution is -2.39. The zero-order valence-electron chi connectivity index (χ0n) is 23.4. The number of nitrogens with zero attached hydrogens (tertiary/aromatic N) is 2. The fourth-order valence-electron chi connectivity index (χ4n) is 4.69. The van der Waals surface area contributed by atoms with Crippen molar-refractivity contribution in [2.45, 2.75) is 33.4 Å². The Hall–Kier alpha value is -3.85. The third kappa shape index (κ3) is 6.02. The molecule has 1 unspecified atom stereocenters. The lowest BCUT2D eigenvalue weighted by atomic mass is 9.95. The van der Waals surface area contributed by atoms with Crippen LogP contribution in [-0.2, 0) is 16.1 Å². The second-order valence-corrected chi connectivity index (χ2v) is 11.5. The number of benzene rings is 3. The molecule has 1 aliphatic heterocycles. The van der Waals surface area contributed by atoms with Gasteiger partial charge in [-0.3, -0.25) is 9.36 Å². The Morgan fingerprint density at radius 2 is 1.81 bits per heavy atom. The number of hydrogen-bond acceptors (Lipinski definition) is 7. The molecular weight excluding hydrogens is 595 g/mol. The van der Waals surface area contributed by atoms with Gasteiger partial charge in [0.1, 0.15) is 6.61 Å². The summed E-state index contributed by atoms with van der Waals surface area (Å²) in [5, 5.41) is 1.06. The zero-order valence-corrected chi connectivity index (χ0v) is 25.8. The minimum Gasteiger partial charge on any atom is -0.493 e. The molecule has 3 aromatic carbocycles. The summed E-state index contributed by atoms with van der Waals surface area (Å²) in [5.41, 5.74) is 4.02. The lowest BCUT2D eigenvalue weighted by molar-refractivity contribution is -0.139. The second-order valence-electron chi connectivity index (χ2n) is 9.65. The highest BCUT2D eigenvalue weighted by atomic mass is 35.5. The maximum atomic E-state index is 13.9. The summed E-state index contributed by atoms with van der Waals surface area (Å²) >= 11 is 13.5. The van der Waals surface area contributed by atoms with Crippen molar-refractivity contribution in [2.75, 3.05) is 13.7 Å². The van der Waals surface area contributed by atoms with Crippen LogP contribution in [-0.4, -0.2) is 24.3 Å². The number of carbonyl (C=O) groups excluding carboxylic acids is 1. The average molecular weight is 624 g/mol. The topological polar surface area (TPSA) is 79.1 Å². The lowest BCUT2D eigenvalue weighted by Gasteiger charge is -2.24. The number of allylic oxidation sites excluding steroid dienone is 1. The fourth-order valence-corrected chi connectivity index (χ4v) is 6.20. The maximum absolute atomic E-state index is 13.9. The van der Waals surface area contributed by atoms with E-state index in [1.165, 1.54) is 11.3 Å². The molecule has 2 heterocycles. The van der Waals surface area contributed by atoms with Gasteiger partial charge in [-0.2, -0.15) is 0 Å². The van der Waals surface area contributed by atoms with Crippen LogP contribution in [0.1, 0.15) is 42.1 Å². The zero-order chi connectivity index (χ0) is 30.0. The van der Waals surface area contributed by atoms with Crippen LogP contribution in [0.3, 0.4) is 0 Å². The Morgan fingerprint density at radius 3 is 2.50 bits per heavy atom. The van der Waals surface area contributed by atoms with E-state index in [9.17, 15) is 9.59 Å². The number of fused-ring (bicyclic) bond motifs is 1. The molecule has 10 heteroatoms. The van der Waals surface area contributed by atoms with Crippen molar-refractivity contribution in [2.24, 2.45) is 4.99 Å². The van der Waals surface area contributed by atoms with Crippen LogP contribution >= 0.6 is 34.5 Å². The van der Waals surface area contributed by atoms with Crippen molar-refractivity contribution in [1.82, 2.24) is 4.57 Å². The predicted octanol–water partition coefficient (Wildman–Crippen LogP) is 6.00. The Balaban J connectivity index is 1.53. The van der Waals surface area contributed by atoms with Gasteiger partial charge >= 0.3 is 5.97 Å². The number of aryl methyl sites for hydroxylation is 1. The van der Waals surface area contributed by atoms with Gasteiger partial charge in [0.05, 0.1) is 35.6 Å². The van der Waals surface area contributed by atoms with E-state index in [4.69, 9.17) is 37.4 Å². The molecule has 0 bridgehead atoms. The van der Waals surface area contributed by atoms with E-state index in [-0.39, 0.29) is 18.8 Å². The van der Waals surface area contributed by atoms with E-state index < -0.39 is 12.0 Å². The molecule has 0 N–H and O–H groups in total. The van der Waals surface area contributed by atoms with Gasteiger partial charge in [0.2, 0.25) is 0 Å². The summed E-state index contributed by atoms with van der Waals surface area (Å²) in [5.74, 6) is 0.537. The van der Waals surface area contributed by atoms with Gasteiger partial charge in [-0.1, -0.05) is 76.5 Å². The fraction of sp³-hybridized carbons (Fsp3) is 0.219. The Labute approximate surface area is 256 Å². The van der Waals surface area contributed by atoms with Crippen molar-refractivity contribution >= 4 is 46.6 Å². The highest BCUT2D eigenvalue weighted by molar-refractivity contribution is 7.07. The smallest absolute Gasteiger partial charge is 0.338 e. The van der Waals surface area contributed by atoms with Crippen LogP contribution < -0.4 is 24.4 Å². The van der Waals surface area contributed by atoms with E-state index in [0.717, 1.165) is 22.3 Å². The molecule has 0 radical (unpaired) electrons. The molecule has 5 rings (SSSR count). The number of rotatable bonds is 8. The first kappa shape index (κ1) is 29.6. The minimum atomic E-state index is -0.659. The van der Waals surface area contributed by atoms with Crippen LogP contribution in [0.25, 0.3) is 6.08 Å². The molecule has 7 nitrogen and oxygen atoms in total. The van der Waals surface area contributed by atoms with E-state index in [2.05, 4.69) is 4.99 Å². The van der Waals surface area contributed by atoms with E-state index >= 15 is 0 Å². The molecule has 1 aliphatic rings. The van der Waals surface area contributed by atoms with Crippen LogP contribution in [0, 0.1) is 6.92 Å². The van der Waals surface area contributed by atoms with Crippen molar-refractivity contribution in [1.29, 1.82) is 0 Å². The average Bonchev–Trinajstić information content (AvgIpc) is 3.26. The third-order valence-corrected chi connectivity index (χ3v) is 8.36. The largest absolute Gasteiger partial charge is 0.493 e. The Bertz CT molecular complexity index is 1880. The summed E-state index contributed by atoms with van der Waals surface area (Å²) in [4.78, 5) is 32.1. The van der Waals surface area contributed by atoms with E-state index in [0.29, 0.717) is 42.1 Å². The number of ether oxygens (including phenoxy) is 3. The summed E-state index contributed by atoms with van der Waals surface area (Å²) in [7, 11) is 1.55. The molecular formula is C32H28Cl2N2O5S. The highest BCUT2D eigenvalue weighted by Crippen LogP contribution is 2.32. The maximum Gasteiger partial charge on any atom is 0.338 e. The molecule has 0 saturated heterocycles. The van der Waals surface area contributed by atoms with Crippen LogP contribution in [0.5, 0.6) is 11.5 Å². The molecule has 0 amide bonds. The summed E-state index contributed by atoms with van der Waals surface area (Å²) in [6.45, 7) is 5.95. The predicted molar refractivity (Wildman–Crippen MR) is 165 cm³/mol. The van der Waals surface area contributed by atoms with E-state index in [1.807, 2.05) is 43.3 Å². The normalized spacial score (nSPS) is 14.8. The van der Waals surface area contributed by atoms with E-state index in [1.54, 1.807) is 55.9 Å². The first-order valence-corrected chi connectivity index (χ1v) is 14.8. The quantitative estimate of drug-likeness (QED) is 0.225. The monoisotopic (exact) mass is 622 g/mol. The number of hydrogen-bond donors (Lipinski definition) is 0. The van der Waals surface area contributed by atoms with Gasteiger partial charge in [-0.25, -0.2) is 9.79 Å². The molecule has 4 aromatic rings. The number of halogens is 2. The molecule has 1 atom stereocenters. The summed E-state index contributed by atoms with van der Waals surface area (Å²) in [6.07, 6.45) is 1.78. The van der Waals surface area contributed by atoms with Crippen molar-refractivity contribution in [3.63, 3.8) is 0 Å². The number of thiazole rings is 1. The molecule has 1 aromatic heterocycles. The minimum absolute atomic E-state index is 0.217. The molecule has 0 fully saturated rings. The number of carbonyl (C=O) groups is 1. The summed E-state index contributed by atoms with van der Waals surface area (Å²) in [6, 6.07) is 17.8.